The molecule has 0 unspecified atom stereocenters. The first-order valence-electron chi connectivity index (χ1n) is 5.11. The lowest BCUT2D eigenvalue weighted by Crippen LogP contribution is -2.06. The van der Waals surface area contributed by atoms with Crippen LogP contribution in [0, 0.1) is 17.1 Å². The number of nitriles is 1. The van der Waals surface area contributed by atoms with Crippen LogP contribution in [-0.2, 0) is 4.74 Å². The molecule has 0 spiro atoms. The van der Waals surface area contributed by atoms with Crippen molar-refractivity contribution in [2.45, 2.75) is 13.3 Å². The molecule has 0 bridgehead atoms. The van der Waals surface area contributed by atoms with Gasteiger partial charge in [-0.1, -0.05) is 19.1 Å². The van der Waals surface area contributed by atoms with Gasteiger partial charge in [0.25, 0.3) is 0 Å². The Bertz CT molecular complexity index is 494. The van der Waals surface area contributed by atoms with Crippen molar-refractivity contribution in [3.8, 4) is 6.07 Å². The Labute approximate surface area is 99.1 Å². The topological polar surface area (TPSA) is 50.1 Å². The fourth-order valence-corrected chi connectivity index (χ4v) is 1.44. The highest BCUT2D eigenvalue weighted by Gasteiger charge is 2.17. The molecule has 0 aromatic heterocycles. The molecule has 0 aliphatic carbocycles. The number of rotatable bonds is 4. The van der Waals surface area contributed by atoms with E-state index in [9.17, 15) is 9.18 Å². The predicted octanol–water partition coefficient (Wildman–Crippen LogP) is 2.84. The molecule has 0 heterocycles. The van der Waals surface area contributed by atoms with Crippen molar-refractivity contribution in [2.24, 2.45) is 0 Å². The monoisotopic (exact) mass is 233 g/mol. The van der Waals surface area contributed by atoms with Gasteiger partial charge in [0.2, 0.25) is 5.78 Å². The van der Waals surface area contributed by atoms with Crippen LogP contribution in [0.25, 0.3) is 0 Å². The van der Waals surface area contributed by atoms with Gasteiger partial charge in [0, 0.05) is 12.0 Å². The molecule has 0 saturated heterocycles. The Hall–Kier alpha value is -2.15. The van der Waals surface area contributed by atoms with E-state index in [1.807, 2.05) is 0 Å². The SMILES string of the molecule is CCC(OC)=C(C#N)C(=O)c1cccc(F)c1. The zero-order chi connectivity index (χ0) is 12.8. The van der Waals surface area contributed by atoms with Crippen LogP contribution < -0.4 is 0 Å². The van der Waals surface area contributed by atoms with E-state index in [1.54, 1.807) is 13.0 Å². The van der Waals surface area contributed by atoms with Crippen molar-refractivity contribution in [1.82, 2.24) is 0 Å². The molecule has 0 amide bonds. The summed E-state index contributed by atoms with van der Waals surface area (Å²) in [4.78, 5) is 12.0. The Morgan fingerprint density at radius 2 is 2.24 bits per heavy atom. The number of nitrogens with zero attached hydrogens (tertiary/aromatic N) is 1. The van der Waals surface area contributed by atoms with Crippen molar-refractivity contribution < 1.29 is 13.9 Å². The maximum atomic E-state index is 13.0. The molecule has 1 rings (SSSR count). The molecule has 1 aromatic carbocycles. The quantitative estimate of drug-likeness (QED) is 0.348. The number of carbonyl (C=O) groups is 1. The van der Waals surface area contributed by atoms with Gasteiger partial charge < -0.3 is 4.74 Å². The normalized spacial score (nSPS) is 11.4. The van der Waals surface area contributed by atoms with E-state index >= 15 is 0 Å². The molecule has 0 fully saturated rings. The molecule has 0 N–H and O–H groups in total. The highest BCUT2D eigenvalue weighted by atomic mass is 19.1. The first-order chi connectivity index (χ1) is 8.13. The van der Waals surface area contributed by atoms with Crippen LogP contribution in [-0.4, -0.2) is 12.9 Å². The average molecular weight is 233 g/mol. The van der Waals surface area contributed by atoms with Crippen LogP contribution in [0.1, 0.15) is 23.7 Å². The van der Waals surface area contributed by atoms with Gasteiger partial charge in [-0.3, -0.25) is 4.79 Å². The maximum Gasteiger partial charge on any atom is 0.207 e. The van der Waals surface area contributed by atoms with Crippen LogP contribution in [0.15, 0.2) is 35.6 Å². The largest absolute Gasteiger partial charge is 0.500 e. The fourth-order valence-electron chi connectivity index (χ4n) is 1.44. The smallest absolute Gasteiger partial charge is 0.207 e. The Balaban J connectivity index is 3.20. The van der Waals surface area contributed by atoms with Gasteiger partial charge in [0.15, 0.2) is 0 Å². The van der Waals surface area contributed by atoms with E-state index < -0.39 is 11.6 Å². The first kappa shape index (κ1) is 12.9. The number of Topliss-reactive ketones (excluding diaryl/α,β-unsaturated/α-hetero) is 1. The molecule has 88 valence electrons. The number of benzene rings is 1. The molecule has 0 aliphatic rings. The summed E-state index contributed by atoms with van der Waals surface area (Å²) in [7, 11) is 1.40. The van der Waals surface area contributed by atoms with Crippen LogP contribution in [0.3, 0.4) is 0 Å². The van der Waals surface area contributed by atoms with E-state index in [0.717, 1.165) is 6.07 Å². The number of ether oxygens (including phenoxy) is 1. The second-order valence-electron chi connectivity index (χ2n) is 3.31. The lowest BCUT2D eigenvalue weighted by molar-refractivity contribution is 0.103. The van der Waals surface area contributed by atoms with Gasteiger partial charge in [-0.05, 0) is 12.1 Å². The Morgan fingerprint density at radius 1 is 1.53 bits per heavy atom. The minimum atomic E-state index is -0.522. The summed E-state index contributed by atoms with van der Waals surface area (Å²) in [6.45, 7) is 1.77. The van der Waals surface area contributed by atoms with Crippen LogP contribution >= 0.6 is 0 Å². The standard InChI is InChI=1S/C13H12FNO2/c1-3-12(17-2)11(8-15)13(16)9-5-4-6-10(14)7-9/h4-7H,3H2,1-2H3. The number of allylic oxidation sites excluding steroid dienone is 2. The molecule has 3 nitrogen and oxygen atoms in total. The van der Waals surface area contributed by atoms with Crippen molar-refractivity contribution >= 4 is 5.78 Å². The van der Waals surface area contributed by atoms with E-state index in [4.69, 9.17) is 10.00 Å². The van der Waals surface area contributed by atoms with Crippen molar-refractivity contribution in [1.29, 1.82) is 5.26 Å². The molecule has 0 radical (unpaired) electrons. The van der Waals surface area contributed by atoms with Crippen molar-refractivity contribution in [3.63, 3.8) is 0 Å². The summed E-state index contributed by atoms with van der Waals surface area (Å²) in [5.41, 5.74) is 0.0603. The van der Waals surface area contributed by atoms with Gasteiger partial charge in [-0.15, -0.1) is 0 Å². The van der Waals surface area contributed by atoms with Crippen molar-refractivity contribution in [3.05, 3.63) is 47.0 Å². The molecule has 0 saturated carbocycles. The van der Waals surface area contributed by atoms with Crippen LogP contribution in [0.4, 0.5) is 4.39 Å². The molecule has 17 heavy (non-hydrogen) atoms. The molecule has 0 atom stereocenters. The van der Waals surface area contributed by atoms with Crippen LogP contribution in [0.5, 0.6) is 0 Å². The minimum absolute atomic E-state index is 0.0828. The second-order valence-corrected chi connectivity index (χ2v) is 3.31. The van der Waals surface area contributed by atoms with Gasteiger partial charge in [-0.2, -0.15) is 5.26 Å². The molecular weight excluding hydrogens is 221 g/mol. The molecule has 0 aliphatic heterocycles. The first-order valence-corrected chi connectivity index (χ1v) is 5.11. The minimum Gasteiger partial charge on any atom is -0.500 e. The number of halogens is 1. The maximum absolute atomic E-state index is 13.0. The molecule has 4 heteroatoms. The summed E-state index contributed by atoms with van der Waals surface area (Å²) < 4.78 is 17.9. The second kappa shape index (κ2) is 5.80. The number of ketones is 1. The fraction of sp³-hybridized carbons (Fsp3) is 0.231. The van der Waals surface area contributed by atoms with Gasteiger partial charge in [-0.25, -0.2) is 4.39 Å². The van der Waals surface area contributed by atoms with E-state index in [0.29, 0.717) is 12.2 Å². The number of methoxy groups -OCH3 is 1. The number of carbonyl (C=O) groups excluding carboxylic acids is 1. The summed E-state index contributed by atoms with van der Waals surface area (Å²) in [5.74, 6) is -0.726. The van der Waals surface area contributed by atoms with E-state index in [-0.39, 0.29) is 11.1 Å². The number of hydrogen-bond acceptors (Lipinski definition) is 3. The lowest BCUT2D eigenvalue weighted by Gasteiger charge is -2.06. The van der Waals surface area contributed by atoms with Gasteiger partial charge in [0.05, 0.1) is 7.11 Å². The third-order valence-electron chi connectivity index (χ3n) is 2.27. The zero-order valence-corrected chi connectivity index (χ0v) is 9.66. The molecular formula is C13H12FNO2. The zero-order valence-electron chi connectivity index (χ0n) is 9.66. The van der Waals surface area contributed by atoms with Crippen LogP contribution in [0.2, 0.25) is 0 Å². The summed E-state index contributed by atoms with van der Waals surface area (Å²) in [6.07, 6.45) is 0.431. The summed E-state index contributed by atoms with van der Waals surface area (Å²) in [6, 6.07) is 7.03. The number of hydrogen-bond donors (Lipinski definition) is 0. The highest BCUT2D eigenvalue weighted by molar-refractivity contribution is 6.11. The van der Waals surface area contributed by atoms with Gasteiger partial charge in [0.1, 0.15) is 23.2 Å². The Morgan fingerprint density at radius 3 is 2.71 bits per heavy atom. The van der Waals surface area contributed by atoms with Gasteiger partial charge >= 0.3 is 0 Å². The highest BCUT2D eigenvalue weighted by Crippen LogP contribution is 2.15. The average Bonchev–Trinajstić information content (AvgIpc) is 2.35. The van der Waals surface area contributed by atoms with E-state index in [1.165, 1.54) is 25.3 Å². The predicted molar refractivity (Wildman–Crippen MR) is 60.7 cm³/mol. The third-order valence-corrected chi connectivity index (χ3v) is 2.27. The molecule has 1 aromatic rings. The Kier molecular flexibility index (Phi) is 4.41. The summed E-state index contributed by atoms with van der Waals surface area (Å²) >= 11 is 0. The van der Waals surface area contributed by atoms with Crippen molar-refractivity contribution in [2.75, 3.05) is 7.11 Å². The third kappa shape index (κ3) is 2.91. The van der Waals surface area contributed by atoms with E-state index in [2.05, 4.69) is 0 Å². The lowest BCUT2D eigenvalue weighted by atomic mass is 10.0. The summed E-state index contributed by atoms with van der Waals surface area (Å²) in [5, 5.41) is 8.96.